The summed E-state index contributed by atoms with van der Waals surface area (Å²) in [6.45, 7) is 2.06. The van der Waals surface area contributed by atoms with Crippen molar-refractivity contribution >= 4 is 0 Å². The predicted octanol–water partition coefficient (Wildman–Crippen LogP) is 1.32. The van der Waals surface area contributed by atoms with Gasteiger partial charge in [0.05, 0.1) is 0 Å². The minimum Gasteiger partial charge on any atom is -0.468 e. The molecule has 3 nitrogen and oxygen atoms in total. The second kappa shape index (κ2) is 6.07. The summed E-state index contributed by atoms with van der Waals surface area (Å²) in [4.78, 5) is 0. The third-order valence-corrected chi connectivity index (χ3v) is 1.84. The molecule has 0 aliphatic heterocycles. The molecule has 1 N–H and O–H groups in total. The molecule has 1 aromatic carbocycles. The molecule has 0 radical (unpaired) electrons. The molecule has 0 spiro atoms. The normalized spacial score (nSPS) is 9.27. The maximum Gasteiger partial charge on any atom is 0.188 e. The maximum absolute atomic E-state index is 8.57. The Morgan fingerprint density at radius 2 is 2.20 bits per heavy atom. The lowest BCUT2D eigenvalue weighted by Crippen LogP contribution is -1.99. The summed E-state index contributed by atoms with van der Waals surface area (Å²) in [6, 6.07) is 5.58. The van der Waals surface area contributed by atoms with E-state index in [4.69, 9.17) is 14.6 Å². The van der Waals surface area contributed by atoms with E-state index in [0.717, 1.165) is 16.9 Å². The molecule has 80 valence electrons. The lowest BCUT2D eigenvalue weighted by Gasteiger charge is -2.06. The Balaban J connectivity index is 2.78. The highest BCUT2D eigenvalue weighted by Gasteiger charge is 1.98. The van der Waals surface area contributed by atoms with Crippen LogP contribution in [0.4, 0.5) is 0 Å². The Hall–Kier alpha value is -1.50. The molecule has 0 amide bonds. The van der Waals surface area contributed by atoms with Crippen LogP contribution in [0.25, 0.3) is 0 Å². The van der Waals surface area contributed by atoms with Gasteiger partial charge in [0.15, 0.2) is 6.79 Å². The van der Waals surface area contributed by atoms with Crippen LogP contribution in [0.3, 0.4) is 0 Å². The van der Waals surface area contributed by atoms with Gasteiger partial charge in [-0.15, -0.1) is 0 Å². The molecule has 15 heavy (non-hydrogen) atoms. The maximum atomic E-state index is 8.57. The highest BCUT2D eigenvalue weighted by atomic mass is 16.7. The van der Waals surface area contributed by atoms with Crippen LogP contribution >= 0.6 is 0 Å². The Kier molecular flexibility index (Phi) is 4.69. The van der Waals surface area contributed by atoms with E-state index in [0.29, 0.717) is 0 Å². The topological polar surface area (TPSA) is 38.7 Å². The fourth-order valence-corrected chi connectivity index (χ4v) is 1.13. The van der Waals surface area contributed by atoms with Gasteiger partial charge in [0, 0.05) is 12.7 Å². The molecule has 0 fully saturated rings. The fraction of sp³-hybridized carbons (Fsp3) is 0.333. The molecule has 3 heteroatoms. The van der Waals surface area contributed by atoms with E-state index in [2.05, 4.69) is 11.8 Å². The first kappa shape index (κ1) is 11.6. The van der Waals surface area contributed by atoms with Crippen LogP contribution in [0, 0.1) is 18.8 Å². The van der Waals surface area contributed by atoms with Crippen LogP contribution in [0.5, 0.6) is 5.75 Å². The van der Waals surface area contributed by atoms with Crippen LogP contribution in [0.2, 0.25) is 0 Å². The summed E-state index contributed by atoms with van der Waals surface area (Å²) in [7, 11) is 1.58. The number of aryl methyl sites for hydroxylation is 1. The molecular weight excluding hydrogens is 192 g/mol. The van der Waals surface area contributed by atoms with Crippen molar-refractivity contribution in [1.82, 2.24) is 0 Å². The summed E-state index contributed by atoms with van der Waals surface area (Å²) in [5.74, 6) is 6.22. The van der Waals surface area contributed by atoms with Crippen molar-refractivity contribution in [1.29, 1.82) is 0 Å². The van der Waals surface area contributed by atoms with Gasteiger partial charge in [-0.05, 0) is 30.7 Å². The Morgan fingerprint density at radius 3 is 2.80 bits per heavy atom. The summed E-state index contributed by atoms with van der Waals surface area (Å²) in [6.07, 6.45) is 0. The zero-order chi connectivity index (χ0) is 11.1. The summed E-state index contributed by atoms with van der Waals surface area (Å²) >= 11 is 0. The van der Waals surface area contributed by atoms with Crippen LogP contribution < -0.4 is 4.74 Å². The highest BCUT2D eigenvalue weighted by molar-refractivity contribution is 5.44. The number of rotatable bonds is 3. The van der Waals surface area contributed by atoms with Crippen LogP contribution in [0.1, 0.15) is 11.1 Å². The van der Waals surface area contributed by atoms with E-state index in [1.54, 1.807) is 7.11 Å². The van der Waals surface area contributed by atoms with Crippen molar-refractivity contribution in [3.63, 3.8) is 0 Å². The number of hydrogen-bond donors (Lipinski definition) is 1. The van der Waals surface area contributed by atoms with Gasteiger partial charge in [-0.2, -0.15) is 0 Å². The van der Waals surface area contributed by atoms with Gasteiger partial charge in [0.25, 0.3) is 0 Å². The zero-order valence-corrected chi connectivity index (χ0v) is 8.91. The fourth-order valence-electron chi connectivity index (χ4n) is 1.13. The van der Waals surface area contributed by atoms with Gasteiger partial charge in [0.1, 0.15) is 12.4 Å². The van der Waals surface area contributed by atoms with Crippen molar-refractivity contribution in [2.75, 3.05) is 20.5 Å². The minimum atomic E-state index is -0.124. The average molecular weight is 206 g/mol. The molecule has 0 atom stereocenters. The minimum absolute atomic E-state index is 0.124. The van der Waals surface area contributed by atoms with E-state index in [-0.39, 0.29) is 13.4 Å². The third-order valence-electron chi connectivity index (χ3n) is 1.84. The number of aliphatic hydroxyl groups excluding tert-OH is 1. The number of benzene rings is 1. The SMILES string of the molecule is COCOc1ccc(C#CCO)c(C)c1. The summed E-state index contributed by atoms with van der Waals surface area (Å²) < 4.78 is 10.1. The number of hydrogen-bond acceptors (Lipinski definition) is 3. The molecular formula is C12H14O3. The molecule has 1 rings (SSSR count). The molecule has 1 aromatic rings. The van der Waals surface area contributed by atoms with Gasteiger partial charge < -0.3 is 14.6 Å². The molecule has 0 aliphatic carbocycles. The first-order chi connectivity index (χ1) is 7.27. The third kappa shape index (κ3) is 3.62. The molecule has 0 aliphatic rings. The molecule has 0 heterocycles. The van der Waals surface area contributed by atoms with Gasteiger partial charge >= 0.3 is 0 Å². The van der Waals surface area contributed by atoms with E-state index in [1.165, 1.54) is 0 Å². The van der Waals surface area contributed by atoms with Crippen LogP contribution in [0.15, 0.2) is 18.2 Å². The first-order valence-electron chi connectivity index (χ1n) is 4.60. The molecule has 0 aromatic heterocycles. The van der Waals surface area contributed by atoms with Crippen molar-refractivity contribution < 1.29 is 14.6 Å². The lowest BCUT2D eigenvalue weighted by molar-refractivity contribution is 0.0511. The monoisotopic (exact) mass is 206 g/mol. The van der Waals surface area contributed by atoms with Crippen molar-refractivity contribution in [3.05, 3.63) is 29.3 Å². The smallest absolute Gasteiger partial charge is 0.188 e. The standard InChI is InChI=1S/C12H14O3/c1-10-8-12(15-9-14-2)6-5-11(10)4-3-7-13/h5-6,8,13H,7,9H2,1-2H3. The van der Waals surface area contributed by atoms with Gasteiger partial charge in [0.2, 0.25) is 0 Å². The average Bonchev–Trinajstić information content (AvgIpc) is 2.25. The van der Waals surface area contributed by atoms with Gasteiger partial charge in [-0.3, -0.25) is 0 Å². The summed E-state index contributed by atoms with van der Waals surface area (Å²) in [5, 5.41) is 8.57. The number of aliphatic hydroxyl groups is 1. The van der Waals surface area contributed by atoms with E-state index >= 15 is 0 Å². The first-order valence-corrected chi connectivity index (χ1v) is 4.60. The molecule has 0 saturated carbocycles. The van der Waals surface area contributed by atoms with Gasteiger partial charge in [-0.25, -0.2) is 0 Å². The zero-order valence-electron chi connectivity index (χ0n) is 8.91. The quantitative estimate of drug-likeness (QED) is 0.599. The summed E-state index contributed by atoms with van der Waals surface area (Å²) in [5.41, 5.74) is 1.92. The van der Waals surface area contributed by atoms with E-state index < -0.39 is 0 Å². The number of ether oxygens (including phenoxy) is 2. The Morgan fingerprint density at radius 1 is 1.40 bits per heavy atom. The van der Waals surface area contributed by atoms with Crippen molar-refractivity contribution in [2.24, 2.45) is 0 Å². The second-order valence-corrected chi connectivity index (χ2v) is 2.99. The highest BCUT2D eigenvalue weighted by Crippen LogP contribution is 2.16. The Labute approximate surface area is 89.6 Å². The lowest BCUT2D eigenvalue weighted by atomic mass is 10.1. The molecule has 0 unspecified atom stereocenters. The largest absolute Gasteiger partial charge is 0.468 e. The predicted molar refractivity (Wildman–Crippen MR) is 57.6 cm³/mol. The number of methoxy groups -OCH3 is 1. The second-order valence-electron chi connectivity index (χ2n) is 2.99. The Bertz CT molecular complexity index is 374. The van der Waals surface area contributed by atoms with Gasteiger partial charge in [-0.1, -0.05) is 11.8 Å². The van der Waals surface area contributed by atoms with Crippen LogP contribution in [-0.4, -0.2) is 25.6 Å². The van der Waals surface area contributed by atoms with Crippen LogP contribution in [-0.2, 0) is 4.74 Å². The molecule has 0 bridgehead atoms. The van der Waals surface area contributed by atoms with Crippen molar-refractivity contribution in [2.45, 2.75) is 6.92 Å². The van der Waals surface area contributed by atoms with E-state index in [1.807, 2.05) is 25.1 Å². The van der Waals surface area contributed by atoms with E-state index in [9.17, 15) is 0 Å². The van der Waals surface area contributed by atoms with Crippen molar-refractivity contribution in [3.8, 4) is 17.6 Å². The molecule has 0 saturated heterocycles.